The second-order valence-electron chi connectivity index (χ2n) is 7.17. The van der Waals surface area contributed by atoms with Gasteiger partial charge in [0.2, 0.25) is 0 Å². The maximum absolute atomic E-state index is 10.9. The number of aromatic nitrogens is 1. The molecule has 1 atom stereocenters. The Morgan fingerprint density at radius 3 is 2.93 bits per heavy atom. The Morgan fingerprint density at radius 1 is 1.37 bits per heavy atom. The van der Waals surface area contributed by atoms with Crippen LogP contribution in [-0.4, -0.2) is 45.5 Å². The fraction of sp³-hybridized carbons (Fsp3) is 0.500. The number of hydrogen-bond acceptors (Lipinski definition) is 5. The van der Waals surface area contributed by atoms with Crippen LogP contribution in [0.15, 0.2) is 23.2 Å². The molecule has 0 radical (unpaired) electrons. The highest BCUT2D eigenvalue weighted by atomic mass is 32.2. The highest BCUT2D eigenvalue weighted by molar-refractivity contribution is 8.14. The van der Waals surface area contributed by atoms with Crippen molar-refractivity contribution in [3.63, 3.8) is 0 Å². The normalized spacial score (nSPS) is 20.2. The van der Waals surface area contributed by atoms with E-state index in [1.54, 1.807) is 11.8 Å². The summed E-state index contributed by atoms with van der Waals surface area (Å²) < 4.78 is 5.76. The molecule has 1 aliphatic carbocycles. The topological polar surface area (TPSA) is 86.7 Å². The van der Waals surface area contributed by atoms with E-state index in [2.05, 4.69) is 27.4 Å². The number of ether oxygens (including phenoxy) is 1. The van der Waals surface area contributed by atoms with Crippen LogP contribution in [0, 0.1) is 0 Å². The van der Waals surface area contributed by atoms with Crippen LogP contribution in [-0.2, 0) is 4.79 Å². The van der Waals surface area contributed by atoms with Crippen molar-refractivity contribution in [1.82, 2.24) is 4.98 Å². The minimum absolute atomic E-state index is 0.0830. The van der Waals surface area contributed by atoms with E-state index >= 15 is 0 Å². The van der Waals surface area contributed by atoms with E-state index in [0.29, 0.717) is 18.4 Å². The SMILES string of the molecule is CCOc1cc(NC2CCCC2)c2[nH]c(C3=N[C@@H](CC(=O)O)CS3)cc2c1. The summed E-state index contributed by atoms with van der Waals surface area (Å²) in [6.07, 6.45) is 5.04. The molecule has 1 fully saturated rings. The number of anilines is 1. The number of aliphatic carboxylic acids is 1. The summed E-state index contributed by atoms with van der Waals surface area (Å²) in [5, 5.41) is 14.7. The minimum atomic E-state index is -0.799. The van der Waals surface area contributed by atoms with Crippen molar-refractivity contribution in [1.29, 1.82) is 0 Å². The van der Waals surface area contributed by atoms with Gasteiger partial charge >= 0.3 is 5.97 Å². The van der Waals surface area contributed by atoms with Crippen LogP contribution < -0.4 is 10.1 Å². The number of aliphatic imine (C=N–C) groups is 1. The summed E-state index contributed by atoms with van der Waals surface area (Å²) >= 11 is 1.62. The molecule has 2 aliphatic rings. The molecule has 1 aromatic heterocycles. The quantitative estimate of drug-likeness (QED) is 0.661. The number of aromatic amines is 1. The lowest BCUT2D eigenvalue weighted by Crippen LogP contribution is -2.14. The summed E-state index contributed by atoms with van der Waals surface area (Å²) in [5.41, 5.74) is 3.08. The van der Waals surface area contributed by atoms with Crippen LogP contribution in [0.25, 0.3) is 10.9 Å². The lowest BCUT2D eigenvalue weighted by atomic mass is 10.1. The lowest BCUT2D eigenvalue weighted by molar-refractivity contribution is -0.137. The van der Waals surface area contributed by atoms with E-state index in [-0.39, 0.29) is 12.5 Å². The number of nitrogens with one attached hydrogen (secondary N) is 2. The number of carboxylic acid groups (broad SMARTS) is 1. The number of nitrogens with zero attached hydrogens (tertiary/aromatic N) is 1. The number of carbonyl (C=O) groups is 1. The van der Waals surface area contributed by atoms with Gasteiger partial charge in [-0.25, -0.2) is 0 Å². The number of fused-ring (bicyclic) bond motifs is 1. The number of H-pyrrole nitrogens is 1. The fourth-order valence-electron chi connectivity index (χ4n) is 3.85. The molecule has 0 amide bonds. The molecule has 0 bridgehead atoms. The van der Waals surface area contributed by atoms with E-state index in [4.69, 9.17) is 9.84 Å². The van der Waals surface area contributed by atoms with Crippen molar-refractivity contribution in [2.45, 2.75) is 51.1 Å². The Hall–Kier alpha value is -2.15. The molecule has 0 saturated heterocycles. The Bertz CT molecular complexity index is 871. The van der Waals surface area contributed by atoms with Crippen molar-refractivity contribution >= 4 is 39.4 Å². The van der Waals surface area contributed by atoms with E-state index in [1.165, 1.54) is 25.7 Å². The minimum Gasteiger partial charge on any atom is -0.494 e. The zero-order chi connectivity index (χ0) is 18.8. The third-order valence-electron chi connectivity index (χ3n) is 5.08. The first-order valence-electron chi connectivity index (χ1n) is 9.61. The van der Waals surface area contributed by atoms with Crippen molar-refractivity contribution in [2.24, 2.45) is 4.99 Å². The molecular formula is C20H25N3O3S. The van der Waals surface area contributed by atoms with Crippen molar-refractivity contribution in [2.75, 3.05) is 17.7 Å². The lowest BCUT2D eigenvalue weighted by Gasteiger charge is -2.15. The van der Waals surface area contributed by atoms with Crippen LogP contribution >= 0.6 is 11.8 Å². The number of thioether (sulfide) groups is 1. The zero-order valence-electron chi connectivity index (χ0n) is 15.5. The Kier molecular flexibility index (Phi) is 5.29. The second-order valence-corrected chi connectivity index (χ2v) is 8.18. The Morgan fingerprint density at radius 2 is 2.19 bits per heavy atom. The summed E-state index contributed by atoms with van der Waals surface area (Å²) in [6, 6.07) is 6.57. The van der Waals surface area contributed by atoms with Crippen LogP contribution in [0.4, 0.5) is 5.69 Å². The molecule has 1 aromatic carbocycles. The molecule has 0 spiro atoms. The van der Waals surface area contributed by atoms with Crippen molar-refractivity contribution < 1.29 is 14.6 Å². The first-order chi connectivity index (χ1) is 13.1. The van der Waals surface area contributed by atoms with Gasteiger partial charge in [0.05, 0.1) is 36.0 Å². The highest BCUT2D eigenvalue weighted by Gasteiger charge is 2.24. The molecular weight excluding hydrogens is 362 g/mol. The molecule has 6 nitrogen and oxygen atoms in total. The van der Waals surface area contributed by atoms with Gasteiger partial charge in [0.15, 0.2) is 0 Å². The van der Waals surface area contributed by atoms with Crippen LogP contribution in [0.2, 0.25) is 0 Å². The van der Waals surface area contributed by atoms with E-state index in [0.717, 1.165) is 33.1 Å². The predicted octanol–water partition coefficient (Wildman–Crippen LogP) is 4.26. The molecule has 2 heterocycles. The summed E-state index contributed by atoms with van der Waals surface area (Å²) in [6.45, 7) is 2.62. The first-order valence-corrected chi connectivity index (χ1v) is 10.6. The molecule has 4 rings (SSSR count). The van der Waals surface area contributed by atoms with Gasteiger partial charge in [0.25, 0.3) is 0 Å². The van der Waals surface area contributed by atoms with E-state index in [1.807, 2.05) is 13.0 Å². The molecule has 0 unspecified atom stereocenters. The molecule has 7 heteroatoms. The van der Waals surface area contributed by atoms with Gasteiger partial charge in [-0.05, 0) is 31.9 Å². The van der Waals surface area contributed by atoms with Crippen molar-refractivity contribution in [3.05, 3.63) is 23.9 Å². The second kappa shape index (κ2) is 7.84. The summed E-state index contributed by atoms with van der Waals surface area (Å²) in [5.74, 6) is 0.779. The third kappa shape index (κ3) is 4.08. The predicted molar refractivity (Wildman–Crippen MR) is 110 cm³/mol. The largest absolute Gasteiger partial charge is 0.494 e. The molecule has 144 valence electrons. The van der Waals surface area contributed by atoms with Gasteiger partial charge in [0, 0.05) is 23.2 Å². The van der Waals surface area contributed by atoms with Gasteiger partial charge < -0.3 is 20.1 Å². The maximum Gasteiger partial charge on any atom is 0.305 e. The number of rotatable bonds is 7. The van der Waals surface area contributed by atoms with Gasteiger partial charge in [-0.2, -0.15) is 0 Å². The summed E-state index contributed by atoms with van der Waals surface area (Å²) in [7, 11) is 0. The number of benzene rings is 1. The standard InChI is InChI=1S/C20H25N3O3S/c1-2-26-15-7-12-8-17(20-22-14(11-27-20)9-18(24)25)23-19(12)16(10-15)21-13-5-3-4-6-13/h7-8,10,13-14,21,23H,2-6,9,11H2,1H3,(H,24,25)/t14-/m0/s1. The summed E-state index contributed by atoms with van der Waals surface area (Å²) in [4.78, 5) is 19.0. The zero-order valence-corrected chi connectivity index (χ0v) is 16.3. The fourth-order valence-corrected chi connectivity index (χ4v) is 4.89. The molecule has 1 aliphatic heterocycles. The van der Waals surface area contributed by atoms with E-state index < -0.39 is 5.97 Å². The van der Waals surface area contributed by atoms with Gasteiger partial charge in [0.1, 0.15) is 10.8 Å². The van der Waals surface area contributed by atoms with Crippen LogP contribution in [0.1, 0.15) is 44.7 Å². The highest BCUT2D eigenvalue weighted by Crippen LogP contribution is 2.34. The third-order valence-corrected chi connectivity index (χ3v) is 6.23. The monoisotopic (exact) mass is 387 g/mol. The molecule has 27 heavy (non-hydrogen) atoms. The number of carboxylic acids is 1. The van der Waals surface area contributed by atoms with Crippen LogP contribution in [0.3, 0.4) is 0 Å². The van der Waals surface area contributed by atoms with Crippen molar-refractivity contribution in [3.8, 4) is 5.75 Å². The molecule has 2 aromatic rings. The average Bonchev–Trinajstić information content (AvgIpc) is 3.34. The smallest absolute Gasteiger partial charge is 0.305 e. The van der Waals surface area contributed by atoms with Gasteiger partial charge in [-0.1, -0.05) is 12.8 Å². The number of hydrogen-bond donors (Lipinski definition) is 3. The van der Waals surface area contributed by atoms with Crippen LogP contribution in [0.5, 0.6) is 5.75 Å². The van der Waals surface area contributed by atoms with E-state index in [9.17, 15) is 4.79 Å². The molecule has 3 N–H and O–H groups in total. The Balaban J connectivity index is 1.66. The average molecular weight is 388 g/mol. The van der Waals surface area contributed by atoms with Gasteiger partial charge in [-0.3, -0.25) is 9.79 Å². The van der Waals surface area contributed by atoms with Gasteiger partial charge in [-0.15, -0.1) is 11.8 Å². The first kappa shape index (κ1) is 18.2. The molecule has 1 saturated carbocycles. The maximum atomic E-state index is 10.9. The Labute approximate surface area is 162 Å².